The van der Waals surface area contributed by atoms with E-state index in [1.165, 1.54) is 12.1 Å². The van der Waals surface area contributed by atoms with Gasteiger partial charge in [-0.15, -0.1) is 0 Å². The van der Waals surface area contributed by atoms with Gasteiger partial charge in [0.15, 0.2) is 6.29 Å². The summed E-state index contributed by atoms with van der Waals surface area (Å²) in [4.78, 5) is 0.117. The summed E-state index contributed by atoms with van der Waals surface area (Å²) in [5.74, 6) is 0. The molecular formula is C20H23ClO5S. The molecule has 5 nitrogen and oxygen atoms in total. The average molecular weight is 411 g/mol. The fourth-order valence-electron chi connectivity index (χ4n) is 2.85. The van der Waals surface area contributed by atoms with Gasteiger partial charge in [0.25, 0.3) is 10.1 Å². The summed E-state index contributed by atoms with van der Waals surface area (Å²) in [6.07, 6.45) is 1.79. The summed E-state index contributed by atoms with van der Waals surface area (Å²) in [7, 11) is -3.88. The molecule has 27 heavy (non-hydrogen) atoms. The zero-order valence-corrected chi connectivity index (χ0v) is 16.7. The Labute approximate surface area is 165 Å². The van der Waals surface area contributed by atoms with E-state index >= 15 is 0 Å². The normalized spacial score (nSPS) is 19.0. The molecule has 0 saturated carbocycles. The number of halogens is 1. The van der Waals surface area contributed by atoms with Crippen molar-refractivity contribution in [1.29, 1.82) is 0 Å². The van der Waals surface area contributed by atoms with Gasteiger partial charge in [0.1, 0.15) is 6.10 Å². The molecule has 2 aromatic rings. The summed E-state index contributed by atoms with van der Waals surface area (Å²) in [5.41, 5.74) is 1.72. The van der Waals surface area contributed by atoms with Crippen LogP contribution in [0.5, 0.6) is 0 Å². The van der Waals surface area contributed by atoms with E-state index in [0.717, 1.165) is 30.4 Å². The van der Waals surface area contributed by atoms with Crippen molar-refractivity contribution < 1.29 is 22.1 Å². The van der Waals surface area contributed by atoms with Crippen LogP contribution >= 0.6 is 11.6 Å². The summed E-state index contributed by atoms with van der Waals surface area (Å²) in [5, 5.41) is 0.548. The largest absolute Gasteiger partial charge is 0.353 e. The molecule has 0 aromatic heterocycles. The number of hydrogen-bond acceptors (Lipinski definition) is 5. The molecule has 1 aliphatic heterocycles. The van der Waals surface area contributed by atoms with Crippen molar-refractivity contribution in [3.63, 3.8) is 0 Å². The molecule has 0 bridgehead atoms. The fraction of sp³-hybridized carbons (Fsp3) is 0.400. The van der Waals surface area contributed by atoms with Crippen molar-refractivity contribution in [1.82, 2.24) is 0 Å². The highest BCUT2D eigenvalue weighted by Gasteiger charge is 2.25. The summed E-state index contributed by atoms with van der Waals surface area (Å²) >= 11 is 6.09. The standard InChI is InChI=1S/C20H23ClO5S/c1-15-8-10-18(11-9-15)27(22,23)25-14-19(16-5-4-6-17(21)13-16)26-20-7-2-3-12-24-20/h4-6,8-11,13,19-20H,2-3,7,12,14H2,1H3. The minimum absolute atomic E-state index is 0.117. The first-order valence-corrected chi connectivity index (χ1v) is 10.7. The van der Waals surface area contributed by atoms with Gasteiger partial charge in [-0.05, 0) is 56.0 Å². The van der Waals surface area contributed by atoms with Crippen LogP contribution in [0, 0.1) is 6.92 Å². The van der Waals surface area contributed by atoms with Gasteiger partial charge in [0.05, 0.1) is 11.5 Å². The molecule has 0 N–H and O–H groups in total. The van der Waals surface area contributed by atoms with E-state index in [1.807, 2.05) is 13.0 Å². The summed E-state index contributed by atoms with van der Waals surface area (Å²) < 4.78 is 42.0. The molecule has 2 aromatic carbocycles. The lowest BCUT2D eigenvalue weighted by molar-refractivity contribution is -0.195. The summed E-state index contributed by atoms with van der Waals surface area (Å²) in [6, 6.07) is 13.7. The first-order chi connectivity index (χ1) is 12.9. The van der Waals surface area contributed by atoms with Gasteiger partial charge in [-0.2, -0.15) is 8.42 Å². The second kappa shape index (κ2) is 9.17. The maximum absolute atomic E-state index is 12.5. The van der Waals surface area contributed by atoms with Gasteiger partial charge in [-0.1, -0.05) is 41.4 Å². The van der Waals surface area contributed by atoms with Crippen LogP contribution in [0.4, 0.5) is 0 Å². The second-order valence-electron chi connectivity index (χ2n) is 6.53. The predicted octanol–water partition coefficient (Wildman–Crippen LogP) is 4.64. The highest BCUT2D eigenvalue weighted by atomic mass is 35.5. The highest BCUT2D eigenvalue weighted by molar-refractivity contribution is 7.86. The molecule has 7 heteroatoms. The molecule has 0 spiro atoms. The molecular weight excluding hydrogens is 388 g/mol. The van der Waals surface area contributed by atoms with E-state index in [4.69, 9.17) is 25.3 Å². The third-order valence-electron chi connectivity index (χ3n) is 4.36. The smallest absolute Gasteiger partial charge is 0.297 e. The van der Waals surface area contributed by atoms with Crippen LogP contribution in [0.15, 0.2) is 53.4 Å². The van der Waals surface area contributed by atoms with Crippen LogP contribution in [0.2, 0.25) is 5.02 Å². The molecule has 0 radical (unpaired) electrons. The fourth-order valence-corrected chi connectivity index (χ4v) is 3.95. The SMILES string of the molecule is Cc1ccc(S(=O)(=O)OCC(OC2CCCCO2)c2cccc(Cl)c2)cc1. The Kier molecular flexibility index (Phi) is 6.89. The van der Waals surface area contributed by atoms with Crippen LogP contribution in [0.1, 0.15) is 36.5 Å². The van der Waals surface area contributed by atoms with Crippen LogP contribution < -0.4 is 0 Å². The van der Waals surface area contributed by atoms with Crippen LogP contribution in [-0.4, -0.2) is 27.9 Å². The Bertz CT molecular complexity index is 845. The minimum Gasteiger partial charge on any atom is -0.353 e. The molecule has 2 atom stereocenters. The minimum atomic E-state index is -3.88. The van der Waals surface area contributed by atoms with E-state index in [1.54, 1.807) is 30.3 Å². The van der Waals surface area contributed by atoms with E-state index in [0.29, 0.717) is 11.6 Å². The topological polar surface area (TPSA) is 61.8 Å². The Morgan fingerprint density at radius 2 is 1.96 bits per heavy atom. The summed E-state index contributed by atoms with van der Waals surface area (Å²) in [6.45, 7) is 2.37. The van der Waals surface area contributed by atoms with Crippen molar-refractivity contribution in [2.24, 2.45) is 0 Å². The average Bonchev–Trinajstić information content (AvgIpc) is 2.66. The van der Waals surface area contributed by atoms with Gasteiger partial charge < -0.3 is 9.47 Å². The van der Waals surface area contributed by atoms with Crippen LogP contribution in [0.3, 0.4) is 0 Å². The third kappa shape index (κ3) is 5.77. The lowest BCUT2D eigenvalue weighted by Crippen LogP contribution is -2.27. The molecule has 146 valence electrons. The number of benzene rings is 2. The molecule has 0 aliphatic carbocycles. The predicted molar refractivity (Wildman–Crippen MR) is 103 cm³/mol. The van der Waals surface area contributed by atoms with E-state index < -0.39 is 16.2 Å². The molecule has 2 unspecified atom stereocenters. The van der Waals surface area contributed by atoms with Gasteiger partial charge in [-0.25, -0.2) is 0 Å². The first kappa shape index (κ1) is 20.3. The molecule has 1 fully saturated rings. The Morgan fingerprint density at radius 1 is 1.19 bits per heavy atom. The number of aryl methyl sites for hydroxylation is 1. The Morgan fingerprint density at radius 3 is 2.63 bits per heavy atom. The van der Waals surface area contributed by atoms with Gasteiger partial charge in [0, 0.05) is 11.6 Å². The molecule has 1 aliphatic rings. The lowest BCUT2D eigenvalue weighted by Gasteiger charge is -2.28. The number of rotatable bonds is 7. The molecule has 3 rings (SSSR count). The quantitative estimate of drug-likeness (QED) is 0.622. The monoisotopic (exact) mass is 410 g/mol. The lowest BCUT2D eigenvalue weighted by atomic mass is 10.1. The van der Waals surface area contributed by atoms with Crippen molar-refractivity contribution in [3.8, 4) is 0 Å². The van der Waals surface area contributed by atoms with Gasteiger partial charge in [-0.3, -0.25) is 4.18 Å². The van der Waals surface area contributed by atoms with Crippen LogP contribution in [0.25, 0.3) is 0 Å². The van der Waals surface area contributed by atoms with Crippen LogP contribution in [-0.2, 0) is 23.8 Å². The van der Waals surface area contributed by atoms with E-state index in [2.05, 4.69) is 0 Å². The zero-order valence-electron chi connectivity index (χ0n) is 15.1. The van der Waals surface area contributed by atoms with Crippen molar-refractivity contribution in [2.45, 2.75) is 43.5 Å². The molecule has 0 amide bonds. The molecule has 1 heterocycles. The van der Waals surface area contributed by atoms with E-state index in [9.17, 15) is 8.42 Å². The number of ether oxygens (including phenoxy) is 2. The zero-order chi connectivity index (χ0) is 19.3. The van der Waals surface area contributed by atoms with Gasteiger partial charge >= 0.3 is 0 Å². The molecule has 1 saturated heterocycles. The maximum Gasteiger partial charge on any atom is 0.297 e. The Hall–Kier alpha value is -1.44. The van der Waals surface area contributed by atoms with Crippen molar-refractivity contribution in [3.05, 3.63) is 64.7 Å². The van der Waals surface area contributed by atoms with E-state index in [-0.39, 0.29) is 17.8 Å². The third-order valence-corrected chi connectivity index (χ3v) is 5.89. The van der Waals surface area contributed by atoms with Crippen molar-refractivity contribution in [2.75, 3.05) is 13.2 Å². The maximum atomic E-state index is 12.5. The second-order valence-corrected chi connectivity index (χ2v) is 8.58. The Balaban J connectivity index is 1.75. The number of hydrogen-bond donors (Lipinski definition) is 0. The van der Waals surface area contributed by atoms with Gasteiger partial charge in [0.2, 0.25) is 0 Å². The highest BCUT2D eigenvalue weighted by Crippen LogP contribution is 2.27. The van der Waals surface area contributed by atoms with Crippen molar-refractivity contribution >= 4 is 21.7 Å². The first-order valence-electron chi connectivity index (χ1n) is 8.93.